The van der Waals surface area contributed by atoms with Crippen molar-refractivity contribution in [3.05, 3.63) is 53.8 Å². The summed E-state index contributed by atoms with van der Waals surface area (Å²) in [6.07, 6.45) is 5.83. The van der Waals surface area contributed by atoms with Gasteiger partial charge in [-0.05, 0) is 20.3 Å². The number of rotatable bonds is 6. The van der Waals surface area contributed by atoms with Crippen molar-refractivity contribution in [1.82, 2.24) is 9.97 Å². The van der Waals surface area contributed by atoms with Crippen LogP contribution in [0.2, 0.25) is 0 Å². The minimum Gasteiger partial charge on any atom is -0.462 e. The van der Waals surface area contributed by atoms with E-state index in [1.54, 1.807) is 44.6 Å². The van der Waals surface area contributed by atoms with Crippen LogP contribution in [-0.2, 0) is 15.9 Å². The van der Waals surface area contributed by atoms with Crippen molar-refractivity contribution >= 4 is 40.2 Å². The van der Waals surface area contributed by atoms with E-state index in [9.17, 15) is 9.59 Å². The fourth-order valence-electron chi connectivity index (χ4n) is 2.94. The summed E-state index contributed by atoms with van der Waals surface area (Å²) in [6.45, 7) is 9.96. The zero-order chi connectivity index (χ0) is 21.7. The summed E-state index contributed by atoms with van der Waals surface area (Å²) in [4.78, 5) is 28.8. The van der Waals surface area contributed by atoms with Crippen LogP contribution in [0.5, 0.6) is 0 Å². The van der Waals surface area contributed by atoms with Gasteiger partial charge in [0.2, 0.25) is 0 Å². The van der Waals surface area contributed by atoms with Gasteiger partial charge in [-0.25, -0.2) is 9.59 Å². The Morgan fingerprint density at radius 1 is 0.933 bits per heavy atom. The SMILES string of the molecule is C=Cc1coc2cc(C(=O)OCC)[nH]c12.CCOC(=O)c1cc2occ(CC)c2[nH]1. The Morgan fingerprint density at radius 2 is 1.47 bits per heavy atom. The molecule has 0 bridgehead atoms. The van der Waals surface area contributed by atoms with Gasteiger partial charge in [0.25, 0.3) is 0 Å². The summed E-state index contributed by atoms with van der Waals surface area (Å²) in [5.41, 5.74) is 5.74. The number of aromatic amines is 2. The van der Waals surface area contributed by atoms with Gasteiger partial charge < -0.3 is 28.3 Å². The number of carbonyl (C=O) groups excluding carboxylic acids is 2. The van der Waals surface area contributed by atoms with E-state index in [0.29, 0.717) is 35.8 Å². The molecule has 30 heavy (non-hydrogen) atoms. The fourth-order valence-corrected chi connectivity index (χ4v) is 2.94. The van der Waals surface area contributed by atoms with E-state index in [-0.39, 0.29) is 11.9 Å². The third-order valence-corrected chi connectivity index (χ3v) is 4.41. The maximum absolute atomic E-state index is 11.4. The van der Waals surface area contributed by atoms with Gasteiger partial charge in [0.05, 0.1) is 30.5 Å². The lowest BCUT2D eigenvalue weighted by Crippen LogP contribution is -2.04. The molecule has 0 aliphatic rings. The number of hydrogen-bond acceptors (Lipinski definition) is 6. The molecule has 0 saturated carbocycles. The highest BCUT2D eigenvalue weighted by Crippen LogP contribution is 2.23. The normalized spacial score (nSPS) is 10.6. The van der Waals surface area contributed by atoms with Crippen LogP contribution in [-0.4, -0.2) is 35.1 Å². The Hall–Kier alpha value is -3.68. The Balaban J connectivity index is 0.000000171. The van der Waals surface area contributed by atoms with Crippen LogP contribution in [0.25, 0.3) is 28.3 Å². The largest absolute Gasteiger partial charge is 0.462 e. The second-order valence-electron chi connectivity index (χ2n) is 6.30. The molecule has 0 aromatic carbocycles. The van der Waals surface area contributed by atoms with Crippen LogP contribution < -0.4 is 0 Å². The highest BCUT2D eigenvalue weighted by Gasteiger charge is 2.15. The molecule has 0 fully saturated rings. The molecule has 0 radical (unpaired) electrons. The smallest absolute Gasteiger partial charge is 0.354 e. The van der Waals surface area contributed by atoms with Crippen molar-refractivity contribution in [3.63, 3.8) is 0 Å². The second kappa shape index (κ2) is 9.21. The van der Waals surface area contributed by atoms with Crippen molar-refractivity contribution < 1.29 is 27.9 Å². The summed E-state index contributed by atoms with van der Waals surface area (Å²) in [5, 5.41) is 0. The van der Waals surface area contributed by atoms with E-state index in [1.165, 1.54) is 0 Å². The van der Waals surface area contributed by atoms with E-state index in [2.05, 4.69) is 16.5 Å². The standard InChI is InChI=1S/C11H13NO3.C11H11NO3/c2*1-3-7-6-15-9-5-8(12-10(7)9)11(13)14-4-2/h5-6,12H,3-4H2,1-2H3;3,5-6,12H,1,4H2,2H3. The zero-order valence-electron chi connectivity index (χ0n) is 17.2. The van der Waals surface area contributed by atoms with Crippen molar-refractivity contribution in [2.24, 2.45) is 0 Å². The number of carbonyl (C=O) groups is 2. The third-order valence-electron chi connectivity index (χ3n) is 4.41. The molecule has 2 N–H and O–H groups in total. The summed E-state index contributed by atoms with van der Waals surface area (Å²) in [7, 11) is 0. The number of H-pyrrole nitrogens is 2. The third kappa shape index (κ3) is 4.17. The van der Waals surface area contributed by atoms with Gasteiger partial charge in [-0.1, -0.05) is 19.6 Å². The first kappa shape index (κ1) is 21.0. The molecule has 4 aromatic rings. The average molecular weight is 412 g/mol. The maximum Gasteiger partial charge on any atom is 0.354 e. The van der Waals surface area contributed by atoms with Crippen LogP contribution in [0.4, 0.5) is 0 Å². The number of nitrogens with one attached hydrogen (secondary N) is 2. The number of furan rings is 2. The highest BCUT2D eigenvalue weighted by molar-refractivity contribution is 5.95. The first-order valence-corrected chi connectivity index (χ1v) is 9.68. The van der Waals surface area contributed by atoms with Gasteiger partial charge >= 0.3 is 11.9 Å². The van der Waals surface area contributed by atoms with Gasteiger partial charge in [-0.15, -0.1) is 0 Å². The van der Waals surface area contributed by atoms with Crippen molar-refractivity contribution in [2.45, 2.75) is 27.2 Å². The average Bonchev–Trinajstić information content (AvgIpc) is 3.48. The topological polar surface area (TPSA) is 110 Å². The van der Waals surface area contributed by atoms with Crippen LogP contribution in [0.3, 0.4) is 0 Å². The lowest BCUT2D eigenvalue weighted by atomic mass is 10.2. The van der Waals surface area contributed by atoms with Gasteiger partial charge in [0.15, 0.2) is 11.2 Å². The number of aromatic nitrogens is 2. The molecule has 0 spiro atoms. The van der Waals surface area contributed by atoms with Crippen LogP contribution >= 0.6 is 0 Å². The minimum absolute atomic E-state index is 0.342. The van der Waals surface area contributed by atoms with Crippen molar-refractivity contribution in [3.8, 4) is 0 Å². The molecule has 4 heterocycles. The van der Waals surface area contributed by atoms with Crippen LogP contribution in [0.15, 0.2) is 40.1 Å². The van der Waals surface area contributed by atoms with E-state index < -0.39 is 0 Å². The number of hydrogen-bond donors (Lipinski definition) is 2. The molecular weight excluding hydrogens is 388 g/mol. The summed E-state index contributed by atoms with van der Waals surface area (Å²) >= 11 is 0. The fraction of sp³-hybridized carbons (Fsp3) is 0.273. The number of aryl methyl sites for hydroxylation is 1. The Labute approximate surface area is 172 Å². The first-order valence-electron chi connectivity index (χ1n) is 9.68. The lowest BCUT2D eigenvalue weighted by molar-refractivity contribution is 0.0511. The van der Waals surface area contributed by atoms with E-state index in [4.69, 9.17) is 18.3 Å². The summed E-state index contributed by atoms with van der Waals surface area (Å²) in [6, 6.07) is 3.30. The van der Waals surface area contributed by atoms with E-state index >= 15 is 0 Å². The molecule has 4 rings (SSSR count). The summed E-state index contributed by atoms with van der Waals surface area (Å²) < 4.78 is 20.3. The first-order chi connectivity index (χ1) is 14.5. The van der Waals surface area contributed by atoms with Gasteiger partial charge in [-0.3, -0.25) is 0 Å². The lowest BCUT2D eigenvalue weighted by Gasteiger charge is -1.97. The molecule has 8 nitrogen and oxygen atoms in total. The number of fused-ring (bicyclic) bond motifs is 2. The predicted octanol–water partition coefficient (Wildman–Crippen LogP) is 5.08. The molecule has 0 atom stereocenters. The molecular formula is C22H24N2O6. The monoisotopic (exact) mass is 412 g/mol. The van der Waals surface area contributed by atoms with Gasteiger partial charge in [0.1, 0.15) is 17.7 Å². The van der Waals surface area contributed by atoms with Crippen molar-refractivity contribution in [1.29, 1.82) is 0 Å². The molecule has 158 valence electrons. The van der Waals surface area contributed by atoms with Crippen LogP contribution in [0, 0.1) is 0 Å². The molecule has 0 saturated heterocycles. The van der Waals surface area contributed by atoms with Gasteiger partial charge in [-0.2, -0.15) is 0 Å². The van der Waals surface area contributed by atoms with E-state index in [1.807, 2.05) is 6.92 Å². The molecule has 0 aliphatic heterocycles. The number of ether oxygens (including phenoxy) is 2. The highest BCUT2D eigenvalue weighted by atomic mass is 16.5. The molecule has 0 unspecified atom stereocenters. The Kier molecular flexibility index (Phi) is 6.46. The molecule has 0 aliphatic carbocycles. The number of esters is 2. The predicted molar refractivity (Wildman–Crippen MR) is 113 cm³/mol. The molecule has 8 heteroatoms. The second-order valence-corrected chi connectivity index (χ2v) is 6.30. The van der Waals surface area contributed by atoms with E-state index in [0.717, 1.165) is 28.6 Å². The molecule has 4 aromatic heterocycles. The summed E-state index contributed by atoms with van der Waals surface area (Å²) in [5.74, 6) is -0.718. The molecule has 0 amide bonds. The Bertz CT molecular complexity index is 1170. The van der Waals surface area contributed by atoms with Crippen molar-refractivity contribution in [2.75, 3.05) is 13.2 Å². The van der Waals surface area contributed by atoms with Gasteiger partial charge in [0, 0.05) is 23.3 Å². The maximum atomic E-state index is 11.4. The van der Waals surface area contributed by atoms with Crippen LogP contribution in [0.1, 0.15) is 52.9 Å². The minimum atomic E-state index is -0.376. The Morgan fingerprint density at radius 3 is 2.00 bits per heavy atom. The quantitative estimate of drug-likeness (QED) is 0.427. The zero-order valence-corrected chi connectivity index (χ0v) is 17.2.